The Bertz CT molecular complexity index is 687. The Labute approximate surface area is 143 Å². The standard InChI is InChI=1S/C14H19BrN2O5S/c1-22-7-4-16-13-11(15)8-10(14(18)19)9-12(13)23(20,21)17-5-2-3-6-17/h8-9,16H,2-7H2,1H3,(H,18,19). The fourth-order valence-corrected chi connectivity index (χ4v) is 4.89. The van der Waals surface area contributed by atoms with Gasteiger partial charge in [-0.1, -0.05) is 0 Å². The fraction of sp³-hybridized carbons (Fsp3) is 0.500. The van der Waals surface area contributed by atoms with Crippen molar-refractivity contribution < 1.29 is 23.1 Å². The second-order valence-corrected chi connectivity index (χ2v) is 7.93. The summed E-state index contributed by atoms with van der Waals surface area (Å²) >= 11 is 3.27. The van der Waals surface area contributed by atoms with E-state index in [0.29, 0.717) is 36.4 Å². The molecular formula is C14H19BrN2O5S. The molecule has 23 heavy (non-hydrogen) atoms. The van der Waals surface area contributed by atoms with Gasteiger partial charge < -0.3 is 15.2 Å². The van der Waals surface area contributed by atoms with Crippen LogP contribution < -0.4 is 5.32 Å². The molecule has 0 radical (unpaired) electrons. The Morgan fingerprint density at radius 3 is 2.61 bits per heavy atom. The van der Waals surface area contributed by atoms with E-state index >= 15 is 0 Å². The van der Waals surface area contributed by atoms with Crippen LogP contribution in [-0.4, -0.2) is 57.1 Å². The second kappa shape index (κ2) is 7.61. The van der Waals surface area contributed by atoms with E-state index in [1.54, 1.807) is 7.11 Å². The largest absolute Gasteiger partial charge is 0.478 e. The molecule has 0 amide bonds. The minimum atomic E-state index is -3.75. The third kappa shape index (κ3) is 4.03. The number of nitrogens with one attached hydrogen (secondary N) is 1. The molecule has 2 rings (SSSR count). The molecule has 0 bridgehead atoms. The predicted molar refractivity (Wildman–Crippen MR) is 89.5 cm³/mol. The van der Waals surface area contributed by atoms with Gasteiger partial charge in [0.1, 0.15) is 4.90 Å². The number of hydrogen-bond acceptors (Lipinski definition) is 5. The summed E-state index contributed by atoms with van der Waals surface area (Å²) in [4.78, 5) is 11.2. The van der Waals surface area contributed by atoms with Crippen LogP contribution in [0.2, 0.25) is 0 Å². The molecule has 1 aliphatic heterocycles. The lowest BCUT2D eigenvalue weighted by Crippen LogP contribution is -2.29. The summed E-state index contributed by atoms with van der Waals surface area (Å²) in [6.07, 6.45) is 1.62. The molecule has 0 atom stereocenters. The summed E-state index contributed by atoms with van der Waals surface area (Å²) in [6.45, 7) is 1.71. The van der Waals surface area contributed by atoms with Crippen LogP contribution >= 0.6 is 15.9 Å². The van der Waals surface area contributed by atoms with Crippen molar-refractivity contribution in [3.63, 3.8) is 0 Å². The lowest BCUT2D eigenvalue weighted by Gasteiger charge is -2.20. The van der Waals surface area contributed by atoms with Crippen molar-refractivity contribution in [3.05, 3.63) is 22.2 Å². The number of rotatable bonds is 7. The van der Waals surface area contributed by atoms with Gasteiger partial charge in [-0.05, 0) is 40.9 Å². The number of methoxy groups -OCH3 is 1. The maximum atomic E-state index is 12.9. The number of aromatic carboxylic acids is 1. The Morgan fingerprint density at radius 2 is 2.04 bits per heavy atom. The monoisotopic (exact) mass is 406 g/mol. The van der Waals surface area contributed by atoms with Crippen LogP contribution in [0, 0.1) is 0 Å². The maximum absolute atomic E-state index is 12.9. The molecule has 0 saturated carbocycles. The van der Waals surface area contributed by atoms with Gasteiger partial charge in [0.05, 0.1) is 17.9 Å². The van der Waals surface area contributed by atoms with Crippen LogP contribution in [0.4, 0.5) is 5.69 Å². The van der Waals surface area contributed by atoms with Crippen molar-refractivity contribution in [2.75, 3.05) is 38.7 Å². The van der Waals surface area contributed by atoms with Crippen LogP contribution in [0.5, 0.6) is 0 Å². The van der Waals surface area contributed by atoms with E-state index < -0.39 is 16.0 Å². The Hall–Kier alpha value is -1.16. The van der Waals surface area contributed by atoms with Crippen molar-refractivity contribution >= 4 is 37.6 Å². The third-order valence-electron chi connectivity index (χ3n) is 3.59. The molecular weight excluding hydrogens is 388 g/mol. The first-order valence-corrected chi connectivity index (χ1v) is 9.41. The van der Waals surface area contributed by atoms with Gasteiger partial charge in [0.25, 0.3) is 0 Å². The van der Waals surface area contributed by atoms with E-state index in [1.807, 2.05) is 0 Å². The normalized spacial score (nSPS) is 15.7. The highest BCUT2D eigenvalue weighted by Gasteiger charge is 2.31. The molecule has 0 unspecified atom stereocenters. The number of carboxylic acids is 1. The second-order valence-electron chi connectivity index (χ2n) is 5.17. The molecule has 1 aliphatic rings. The van der Waals surface area contributed by atoms with Gasteiger partial charge in [-0.15, -0.1) is 0 Å². The Morgan fingerprint density at radius 1 is 1.39 bits per heavy atom. The van der Waals surface area contributed by atoms with E-state index in [-0.39, 0.29) is 10.5 Å². The van der Waals surface area contributed by atoms with Gasteiger partial charge in [0.2, 0.25) is 10.0 Å². The minimum Gasteiger partial charge on any atom is -0.478 e. The van der Waals surface area contributed by atoms with E-state index in [2.05, 4.69) is 21.2 Å². The quantitative estimate of drug-likeness (QED) is 0.672. The number of nitrogens with zero attached hydrogens (tertiary/aromatic N) is 1. The molecule has 1 aromatic carbocycles. The van der Waals surface area contributed by atoms with Gasteiger partial charge in [-0.25, -0.2) is 13.2 Å². The first kappa shape index (κ1) is 18.2. The molecule has 1 heterocycles. The van der Waals surface area contributed by atoms with Crippen LogP contribution in [0.15, 0.2) is 21.5 Å². The lowest BCUT2D eigenvalue weighted by atomic mass is 10.2. The zero-order valence-electron chi connectivity index (χ0n) is 12.7. The molecule has 0 aliphatic carbocycles. The molecule has 1 aromatic rings. The summed E-state index contributed by atoms with van der Waals surface area (Å²) in [5.74, 6) is -1.17. The molecule has 1 fully saturated rings. The summed E-state index contributed by atoms with van der Waals surface area (Å²) in [6, 6.07) is 2.59. The number of sulfonamides is 1. The fourth-order valence-electron chi connectivity index (χ4n) is 2.43. The summed E-state index contributed by atoms with van der Waals surface area (Å²) in [5, 5.41) is 12.2. The number of carboxylic acid groups (broad SMARTS) is 1. The van der Waals surface area contributed by atoms with E-state index in [1.165, 1.54) is 16.4 Å². The Balaban J connectivity index is 2.50. The highest BCUT2D eigenvalue weighted by atomic mass is 79.9. The highest BCUT2D eigenvalue weighted by Crippen LogP contribution is 2.34. The number of carbonyl (C=O) groups is 1. The van der Waals surface area contributed by atoms with Crippen molar-refractivity contribution in [2.45, 2.75) is 17.7 Å². The van der Waals surface area contributed by atoms with Gasteiger partial charge >= 0.3 is 5.97 Å². The van der Waals surface area contributed by atoms with Gasteiger partial charge in [0.15, 0.2) is 0 Å². The molecule has 2 N–H and O–H groups in total. The number of ether oxygens (including phenoxy) is 1. The van der Waals surface area contributed by atoms with Gasteiger partial charge in [-0.2, -0.15) is 4.31 Å². The molecule has 1 saturated heterocycles. The topological polar surface area (TPSA) is 95.9 Å². The van der Waals surface area contributed by atoms with Crippen molar-refractivity contribution in [1.29, 1.82) is 0 Å². The zero-order valence-corrected chi connectivity index (χ0v) is 15.1. The molecule has 128 valence electrons. The predicted octanol–water partition coefficient (Wildman–Crippen LogP) is 1.99. The molecule has 0 spiro atoms. The average molecular weight is 407 g/mol. The zero-order chi connectivity index (χ0) is 17.0. The Kier molecular flexibility index (Phi) is 6.01. The van der Waals surface area contributed by atoms with Crippen LogP contribution in [0.25, 0.3) is 0 Å². The number of halogens is 1. The number of anilines is 1. The molecule has 0 aromatic heterocycles. The molecule has 9 heteroatoms. The van der Waals surface area contributed by atoms with Crippen LogP contribution in [0.3, 0.4) is 0 Å². The molecule has 7 nitrogen and oxygen atoms in total. The number of hydrogen-bond donors (Lipinski definition) is 2. The first-order valence-electron chi connectivity index (χ1n) is 7.17. The summed E-state index contributed by atoms with van der Waals surface area (Å²) < 4.78 is 32.5. The smallest absolute Gasteiger partial charge is 0.335 e. The van der Waals surface area contributed by atoms with Gasteiger partial charge in [0, 0.05) is 31.2 Å². The van der Waals surface area contributed by atoms with Crippen molar-refractivity contribution in [3.8, 4) is 0 Å². The van der Waals surface area contributed by atoms with Crippen LogP contribution in [0.1, 0.15) is 23.2 Å². The minimum absolute atomic E-state index is 0.0257. The van der Waals surface area contributed by atoms with E-state index in [4.69, 9.17) is 4.74 Å². The van der Waals surface area contributed by atoms with Crippen molar-refractivity contribution in [2.24, 2.45) is 0 Å². The van der Waals surface area contributed by atoms with E-state index in [9.17, 15) is 18.3 Å². The first-order chi connectivity index (χ1) is 10.9. The third-order valence-corrected chi connectivity index (χ3v) is 6.14. The number of benzene rings is 1. The van der Waals surface area contributed by atoms with Gasteiger partial charge in [-0.3, -0.25) is 0 Å². The van der Waals surface area contributed by atoms with Crippen LogP contribution in [-0.2, 0) is 14.8 Å². The maximum Gasteiger partial charge on any atom is 0.335 e. The van der Waals surface area contributed by atoms with E-state index in [0.717, 1.165) is 12.8 Å². The lowest BCUT2D eigenvalue weighted by molar-refractivity contribution is 0.0696. The average Bonchev–Trinajstić information content (AvgIpc) is 3.03. The SMILES string of the molecule is COCCNc1c(Br)cc(C(=O)O)cc1S(=O)(=O)N1CCCC1. The van der Waals surface area contributed by atoms with Crippen molar-refractivity contribution in [1.82, 2.24) is 4.31 Å². The summed E-state index contributed by atoms with van der Waals surface area (Å²) in [7, 11) is -2.20. The summed E-state index contributed by atoms with van der Waals surface area (Å²) in [5.41, 5.74) is 0.283. The highest BCUT2D eigenvalue weighted by molar-refractivity contribution is 9.10.